The van der Waals surface area contributed by atoms with Crippen LogP contribution in [0.3, 0.4) is 0 Å². The summed E-state index contributed by atoms with van der Waals surface area (Å²) in [6.45, 7) is 0.139. The Morgan fingerprint density at radius 3 is 2.92 bits per heavy atom. The second-order valence-electron chi connectivity index (χ2n) is 7.01. The second-order valence-corrected chi connectivity index (χ2v) is 7.42. The van der Waals surface area contributed by atoms with Crippen molar-refractivity contribution in [3.8, 4) is 0 Å². The van der Waals surface area contributed by atoms with E-state index in [9.17, 15) is 9.59 Å². The summed E-state index contributed by atoms with van der Waals surface area (Å²) in [5, 5.41) is 10.8. The van der Waals surface area contributed by atoms with Gasteiger partial charge in [0, 0.05) is 43.3 Å². The summed E-state index contributed by atoms with van der Waals surface area (Å²) in [5.41, 5.74) is 2.46. The van der Waals surface area contributed by atoms with Gasteiger partial charge in [0.05, 0.1) is 0 Å². The SMILES string of the molecule is CN(C)C(=O)Cn1ccc(NC(=O)NC2C3Cc4c(Cl)cccc4C32)n1. The highest BCUT2D eigenvalue weighted by Crippen LogP contribution is 2.57. The van der Waals surface area contributed by atoms with E-state index in [1.807, 2.05) is 12.1 Å². The number of urea groups is 1. The number of benzene rings is 1. The Kier molecular flexibility index (Phi) is 4.11. The van der Waals surface area contributed by atoms with Crippen LogP contribution in [-0.4, -0.2) is 46.8 Å². The maximum atomic E-state index is 12.2. The number of carbonyl (C=O) groups excluding carboxylic acids is 2. The summed E-state index contributed by atoms with van der Waals surface area (Å²) in [5.74, 6) is 1.13. The largest absolute Gasteiger partial charge is 0.347 e. The third kappa shape index (κ3) is 3.03. The van der Waals surface area contributed by atoms with Gasteiger partial charge in [0.1, 0.15) is 6.54 Å². The minimum Gasteiger partial charge on any atom is -0.347 e. The number of halogens is 1. The lowest BCUT2D eigenvalue weighted by molar-refractivity contribution is -0.129. The van der Waals surface area contributed by atoms with Gasteiger partial charge in [0.15, 0.2) is 5.82 Å². The first kappa shape index (κ1) is 16.9. The zero-order valence-electron chi connectivity index (χ0n) is 14.6. The van der Waals surface area contributed by atoms with E-state index >= 15 is 0 Å². The number of rotatable bonds is 4. The van der Waals surface area contributed by atoms with Crippen LogP contribution in [0.4, 0.5) is 10.6 Å². The van der Waals surface area contributed by atoms with E-state index in [0.29, 0.717) is 17.7 Å². The minimum atomic E-state index is -0.280. The lowest BCUT2D eigenvalue weighted by Gasteiger charge is -2.11. The minimum absolute atomic E-state index is 0.0627. The molecule has 7 nitrogen and oxygen atoms in total. The fraction of sp³-hybridized carbons (Fsp3) is 0.389. The summed E-state index contributed by atoms with van der Waals surface area (Å²) in [6.07, 6.45) is 2.58. The summed E-state index contributed by atoms with van der Waals surface area (Å²) >= 11 is 6.24. The Labute approximate surface area is 156 Å². The molecule has 3 unspecified atom stereocenters. The molecule has 3 amide bonds. The second kappa shape index (κ2) is 6.32. The Bertz CT molecular complexity index is 878. The van der Waals surface area contributed by atoms with Gasteiger partial charge in [-0.1, -0.05) is 23.7 Å². The van der Waals surface area contributed by atoms with Crippen molar-refractivity contribution in [3.05, 3.63) is 46.6 Å². The molecule has 136 valence electrons. The zero-order valence-corrected chi connectivity index (χ0v) is 15.3. The molecule has 26 heavy (non-hydrogen) atoms. The van der Waals surface area contributed by atoms with Crippen molar-refractivity contribution in [2.75, 3.05) is 19.4 Å². The van der Waals surface area contributed by atoms with Crippen LogP contribution in [-0.2, 0) is 17.8 Å². The first-order valence-electron chi connectivity index (χ1n) is 8.52. The molecule has 2 N–H and O–H groups in total. The predicted octanol–water partition coefficient (Wildman–Crippen LogP) is 2.08. The van der Waals surface area contributed by atoms with Crippen molar-refractivity contribution in [1.82, 2.24) is 20.0 Å². The van der Waals surface area contributed by atoms with E-state index in [0.717, 1.165) is 11.4 Å². The Morgan fingerprint density at radius 2 is 2.15 bits per heavy atom. The molecule has 0 bridgehead atoms. The van der Waals surface area contributed by atoms with E-state index < -0.39 is 0 Å². The van der Waals surface area contributed by atoms with Crippen LogP contribution in [0.1, 0.15) is 17.0 Å². The molecule has 3 atom stereocenters. The average Bonchev–Trinajstić information content (AvgIpc) is 2.93. The molecule has 8 heteroatoms. The number of carbonyl (C=O) groups is 2. The highest BCUT2D eigenvalue weighted by Gasteiger charge is 2.56. The summed E-state index contributed by atoms with van der Waals surface area (Å²) in [6, 6.07) is 7.49. The van der Waals surface area contributed by atoms with Gasteiger partial charge in [-0.2, -0.15) is 5.10 Å². The predicted molar refractivity (Wildman–Crippen MR) is 98.3 cm³/mol. The Balaban J connectivity index is 1.32. The van der Waals surface area contributed by atoms with Gasteiger partial charge in [-0.15, -0.1) is 0 Å². The summed E-state index contributed by atoms with van der Waals surface area (Å²) in [7, 11) is 3.38. The number of hydrogen-bond donors (Lipinski definition) is 2. The van der Waals surface area contributed by atoms with Crippen LogP contribution in [0.15, 0.2) is 30.5 Å². The van der Waals surface area contributed by atoms with Crippen molar-refractivity contribution < 1.29 is 9.59 Å². The van der Waals surface area contributed by atoms with Crippen molar-refractivity contribution in [1.29, 1.82) is 0 Å². The van der Waals surface area contributed by atoms with Gasteiger partial charge in [-0.25, -0.2) is 4.79 Å². The molecule has 2 aliphatic carbocycles. The number of anilines is 1. The van der Waals surface area contributed by atoms with Crippen LogP contribution in [0.5, 0.6) is 0 Å². The number of fused-ring (bicyclic) bond motifs is 3. The van der Waals surface area contributed by atoms with Gasteiger partial charge in [-0.05, 0) is 29.5 Å². The van der Waals surface area contributed by atoms with Crippen LogP contribution in [0.2, 0.25) is 5.02 Å². The average molecular weight is 374 g/mol. The fourth-order valence-corrected chi connectivity index (χ4v) is 3.95. The molecule has 1 aromatic heterocycles. The van der Waals surface area contributed by atoms with Crippen molar-refractivity contribution in [3.63, 3.8) is 0 Å². The number of amides is 3. The lowest BCUT2D eigenvalue weighted by atomic mass is 10.1. The van der Waals surface area contributed by atoms with Gasteiger partial charge in [-0.3, -0.25) is 14.8 Å². The molecule has 1 heterocycles. The standard InChI is InChI=1S/C18H20ClN5O2/c1-23(2)15(25)9-24-7-6-14(22-24)20-18(26)21-17-12-8-11-10(16(12)17)4-3-5-13(11)19/h3-7,12,16-17H,8-9H2,1-2H3,(H2,20,21,22,26). The summed E-state index contributed by atoms with van der Waals surface area (Å²) < 4.78 is 1.50. The maximum absolute atomic E-state index is 12.2. The molecule has 0 spiro atoms. The fourth-order valence-electron chi connectivity index (χ4n) is 3.69. The molecular weight excluding hydrogens is 354 g/mol. The molecule has 4 rings (SSSR count). The van der Waals surface area contributed by atoms with Gasteiger partial charge in [0.25, 0.3) is 0 Å². The van der Waals surface area contributed by atoms with Crippen LogP contribution >= 0.6 is 11.6 Å². The topological polar surface area (TPSA) is 79.3 Å². The molecule has 2 aromatic rings. The Morgan fingerprint density at radius 1 is 1.35 bits per heavy atom. The quantitative estimate of drug-likeness (QED) is 0.861. The third-order valence-corrected chi connectivity index (χ3v) is 5.45. The van der Waals surface area contributed by atoms with Crippen molar-refractivity contribution in [2.45, 2.75) is 24.9 Å². The monoisotopic (exact) mass is 373 g/mol. The van der Waals surface area contributed by atoms with Crippen LogP contribution in [0, 0.1) is 5.92 Å². The molecule has 0 aliphatic heterocycles. The van der Waals surface area contributed by atoms with E-state index in [1.54, 1.807) is 26.4 Å². The van der Waals surface area contributed by atoms with Gasteiger partial charge >= 0.3 is 6.03 Å². The Hall–Kier alpha value is -2.54. The molecular formula is C18H20ClN5O2. The third-order valence-electron chi connectivity index (χ3n) is 5.10. The smallest absolute Gasteiger partial charge is 0.320 e. The van der Waals surface area contributed by atoms with E-state index in [4.69, 9.17) is 11.6 Å². The molecule has 0 saturated heterocycles. The normalized spacial score (nSPS) is 22.3. The number of hydrogen-bond acceptors (Lipinski definition) is 3. The number of nitrogens with one attached hydrogen (secondary N) is 2. The zero-order chi connectivity index (χ0) is 18.4. The number of aromatic nitrogens is 2. The van der Waals surface area contributed by atoms with Crippen molar-refractivity contribution in [2.24, 2.45) is 5.92 Å². The van der Waals surface area contributed by atoms with Gasteiger partial charge in [0.2, 0.25) is 5.91 Å². The van der Waals surface area contributed by atoms with Crippen LogP contribution in [0.25, 0.3) is 0 Å². The van der Waals surface area contributed by atoms with Gasteiger partial charge < -0.3 is 10.2 Å². The highest BCUT2D eigenvalue weighted by atomic mass is 35.5. The van der Waals surface area contributed by atoms with E-state index in [2.05, 4.69) is 21.8 Å². The van der Waals surface area contributed by atoms with E-state index in [-0.39, 0.29) is 24.5 Å². The van der Waals surface area contributed by atoms with Crippen LogP contribution < -0.4 is 10.6 Å². The molecule has 2 aliphatic rings. The van der Waals surface area contributed by atoms with E-state index in [1.165, 1.54) is 20.7 Å². The molecule has 1 aromatic carbocycles. The maximum Gasteiger partial charge on any atom is 0.320 e. The number of likely N-dealkylation sites (N-methyl/N-ethyl adjacent to an activating group) is 1. The van der Waals surface area contributed by atoms with Crippen molar-refractivity contribution >= 4 is 29.4 Å². The highest BCUT2D eigenvalue weighted by molar-refractivity contribution is 6.31. The lowest BCUT2D eigenvalue weighted by Crippen LogP contribution is -2.33. The first-order valence-corrected chi connectivity index (χ1v) is 8.90. The number of nitrogens with zero attached hydrogens (tertiary/aromatic N) is 3. The first-order chi connectivity index (χ1) is 12.4. The molecule has 1 fully saturated rings. The molecule has 1 saturated carbocycles. The molecule has 0 radical (unpaired) electrons. The summed E-state index contributed by atoms with van der Waals surface area (Å²) in [4.78, 5) is 25.4.